The van der Waals surface area contributed by atoms with Crippen LogP contribution < -0.4 is 0 Å². The Kier molecular flexibility index (Phi) is 7.77. The van der Waals surface area contributed by atoms with Crippen molar-refractivity contribution in [3.8, 4) is 0 Å². The van der Waals surface area contributed by atoms with E-state index in [2.05, 4.69) is 0 Å². The molecule has 0 spiro atoms. The molecule has 0 fully saturated rings. The molecule has 0 aliphatic heterocycles. The maximum absolute atomic E-state index is 11.4. The van der Waals surface area contributed by atoms with Crippen molar-refractivity contribution in [1.29, 1.82) is 0 Å². The third kappa shape index (κ3) is 13.5. The molecule has 0 N–H and O–H groups in total. The molecule has 0 saturated carbocycles. The monoisotopic (exact) mass is 230 g/mol. The summed E-state index contributed by atoms with van der Waals surface area (Å²) in [4.78, 5) is 0. The Bertz CT molecular complexity index is 94.6. The molecule has 0 aromatic carbocycles. The summed E-state index contributed by atoms with van der Waals surface area (Å²) < 4.78 is 33.8. The highest BCUT2D eigenvalue weighted by molar-refractivity contribution is 6.68. The maximum atomic E-state index is 11.4. The van der Waals surface area contributed by atoms with E-state index in [1.54, 1.807) is 0 Å². The average molecular weight is 231 g/mol. The third-order valence-corrected chi connectivity index (χ3v) is 3.39. The van der Waals surface area contributed by atoms with E-state index in [1.165, 1.54) is 0 Å². The average Bonchev–Trinajstić information content (AvgIpc) is 1.59. The molecular weight excluding hydrogens is 223 g/mol. The molecule has 0 saturated heterocycles. The van der Waals surface area contributed by atoms with Gasteiger partial charge < -0.3 is 0 Å². The minimum Gasteiger partial charge on any atom is -0.269 e. The molecule has 0 aromatic rings. The summed E-state index contributed by atoms with van der Waals surface area (Å²) in [6, 6.07) is 0.140. The zero-order valence-electron chi connectivity index (χ0n) is 5.50. The van der Waals surface area contributed by atoms with E-state index in [9.17, 15) is 13.2 Å². The molecule has 0 nitrogen and oxygen atoms in total. The smallest absolute Gasteiger partial charge is 0.269 e. The summed E-state index contributed by atoms with van der Waals surface area (Å²) in [5, 5.41) is 0. The summed E-state index contributed by atoms with van der Waals surface area (Å²) in [5.74, 6) is 0. The maximum Gasteiger partial charge on any atom is 0.388 e. The van der Waals surface area contributed by atoms with Gasteiger partial charge >= 0.3 is 6.18 Å². The lowest BCUT2D eigenvalue weighted by molar-refractivity contribution is -0.130. The summed E-state index contributed by atoms with van der Waals surface area (Å²) in [5.41, 5.74) is 0. The Morgan fingerprint density at radius 2 is 1.73 bits per heavy atom. The Balaban J connectivity index is 0. The second kappa shape index (κ2) is 6.08. The van der Waals surface area contributed by atoms with Gasteiger partial charge in [-0.2, -0.15) is 13.2 Å². The van der Waals surface area contributed by atoms with Crippen molar-refractivity contribution in [1.82, 2.24) is 0 Å². The van der Waals surface area contributed by atoms with E-state index >= 15 is 0 Å². The molecule has 0 amide bonds. The lowest BCUT2D eigenvalue weighted by Gasteiger charge is -2.04. The lowest BCUT2D eigenvalue weighted by Crippen LogP contribution is -2.10. The van der Waals surface area contributed by atoms with E-state index < -0.39 is 26.6 Å². The third-order valence-electron chi connectivity index (χ3n) is 0.883. The van der Waals surface area contributed by atoms with Gasteiger partial charge in [-0.1, -0.05) is 6.04 Å². The van der Waals surface area contributed by atoms with Crippen LogP contribution in [0.5, 0.6) is 0 Å². The number of hydrogen-bond acceptors (Lipinski definition) is 0. The number of rotatable bonds is 3. The van der Waals surface area contributed by atoms with Crippen molar-refractivity contribution < 1.29 is 17.9 Å². The van der Waals surface area contributed by atoms with Crippen LogP contribution >= 0.6 is 23.2 Å². The number of hydrogen-bond donors (Lipinski definition) is 0. The molecule has 7 heteroatoms. The van der Waals surface area contributed by atoms with Crippen LogP contribution in [0.25, 0.3) is 0 Å². The summed E-state index contributed by atoms with van der Waals surface area (Å²) in [6.45, 7) is 0. The van der Waals surface area contributed by atoms with Crippen molar-refractivity contribution in [2.75, 3.05) is 0 Å². The Labute approximate surface area is 74.2 Å². The van der Waals surface area contributed by atoms with E-state index in [0.29, 0.717) is 0 Å². The second-order valence-corrected chi connectivity index (χ2v) is 6.31. The molecular formula is C4H8Cl2F4Si. The van der Waals surface area contributed by atoms with Crippen LogP contribution in [0, 0.1) is 0 Å². The van der Waals surface area contributed by atoms with Crippen molar-refractivity contribution >= 4 is 32.7 Å². The highest BCUT2D eigenvalue weighted by Crippen LogP contribution is 2.22. The van der Waals surface area contributed by atoms with Crippen LogP contribution in [0.15, 0.2) is 0 Å². The predicted molar refractivity (Wildman–Crippen MR) is 42.0 cm³/mol. The van der Waals surface area contributed by atoms with Crippen molar-refractivity contribution in [3.05, 3.63) is 0 Å². The molecule has 0 aliphatic rings. The fourth-order valence-corrected chi connectivity index (χ4v) is 2.30. The first-order valence-corrected chi connectivity index (χ1v) is 5.45. The zero-order valence-corrected chi connectivity index (χ0v) is 8.42. The molecule has 70 valence electrons. The zero-order chi connectivity index (χ0) is 8.20. The van der Waals surface area contributed by atoms with Crippen LogP contribution in [0.2, 0.25) is 6.04 Å². The van der Waals surface area contributed by atoms with E-state index in [-0.39, 0.29) is 10.7 Å². The van der Waals surface area contributed by atoms with Crippen molar-refractivity contribution in [3.63, 3.8) is 0 Å². The van der Waals surface area contributed by atoms with E-state index in [4.69, 9.17) is 23.2 Å². The van der Waals surface area contributed by atoms with Gasteiger partial charge in [0.05, 0.1) is 14.0 Å². The quantitative estimate of drug-likeness (QED) is 0.397. The molecule has 0 aromatic heterocycles. The summed E-state index contributed by atoms with van der Waals surface area (Å²) in [6.07, 6.45) is -4.79. The van der Waals surface area contributed by atoms with Crippen LogP contribution in [0.1, 0.15) is 6.42 Å². The molecule has 0 bridgehead atoms. The summed E-state index contributed by atoms with van der Waals surface area (Å²) in [7, 11) is -0.923. The first-order chi connectivity index (χ1) is 4.42. The van der Waals surface area contributed by atoms with Gasteiger partial charge in [0.25, 0.3) is 0 Å². The van der Waals surface area contributed by atoms with Crippen molar-refractivity contribution in [2.24, 2.45) is 0 Å². The fraction of sp³-hybridized carbons (Fsp3) is 1.00. The van der Waals surface area contributed by atoms with Crippen molar-refractivity contribution in [2.45, 2.75) is 23.1 Å². The number of halogens is 6. The SMILES string of the molecule is F.FC(F)(F)CC[SiH2]C(Cl)Cl. The minimum absolute atomic E-state index is 0. The Morgan fingerprint density at radius 1 is 1.27 bits per heavy atom. The Morgan fingerprint density at radius 3 is 2.00 bits per heavy atom. The summed E-state index contributed by atoms with van der Waals surface area (Å²) >= 11 is 10.5. The molecule has 0 rings (SSSR count). The first kappa shape index (κ1) is 14.1. The molecule has 11 heavy (non-hydrogen) atoms. The van der Waals surface area contributed by atoms with Crippen LogP contribution in [0.3, 0.4) is 0 Å². The highest BCUT2D eigenvalue weighted by Gasteiger charge is 2.26. The van der Waals surface area contributed by atoms with Gasteiger partial charge in [0, 0.05) is 6.42 Å². The van der Waals surface area contributed by atoms with Gasteiger partial charge in [0.1, 0.15) is 0 Å². The van der Waals surface area contributed by atoms with Crippen LogP contribution in [0.4, 0.5) is 17.9 Å². The largest absolute Gasteiger partial charge is 0.388 e. The minimum atomic E-state index is -4.05. The molecule has 0 unspecified atom stereocenters. The molecule has 0 aliphatic carbocycles. The van der Waals surface area contributed by atoms with Gasteiger partial charge in [-0.3, -0.25) is 4.70 Å². The van der Waals surface area contributed by atoms with Gasteiger partial charge in [0.2, 0.25) is 0 Å². The van der Waals surface area contributed by atoms with Gasteiger partial charge in [-0.05, 0) is 0 Å². The normalized spacial score (nSPS) is 12.5. The van der Waals surface area contributed by atoms with Crippen LogP contribution in [-0.4, -0.2) is 20.2 Å². The molecule has 0 heterocycles. The van der Waals surface area contributed by atoms with Gasteiger partial charge in [0.15, 0.2) is 0 Å². The lowest BCUT2D eigenvalue weighted by atomic mass is 10.5. The Hall–Kier alpha value is 0.517. The predicted octanol–water partition coefficient (Wildman–Crippen LogP) is 2.44. The highest BCUT2D eigenvalue weighted by atomic mass is 35.5. The van der Waals surface area contributed by atoms with Gasteiger partial charge in [-0.15, -0.1) is 23.2 Å². The second-order valence-electron chi connectivity index (χ2n) is 1.90. The van der Waals surface area contributed by atoms with Crippen LogP contribution in [-0.2, 0) is 0 Å². The topological polar surface area (TPSA) is 0 Å². The standard InChI is InChI=1S/C4H7Cl2F3Si.FH/c5-3(6)10-2-1-4(7,8)9;/h3H,1-2,10H2;1H. The van der Waals surface area contributed by atoms with Gasteiger partial charge in [-0.25, -0.2) is 0 Å². The van der Waals surface area contributed by atoms with E-state index in [1.807, 2.05) is 0 Å². The first-order valence-electron chi connectivity index (χ1n) is 2.77. The van der Waals surface area contributed by atoms with E-state index in [0.717, 1.165) is 0 Å². The number of alkyl halides is 5. The fourth-order valence-electron chi connectivity index (χ4n) is 0.457. The molecule has 0 atom stereocenters. The molecule has 0 radical (unpaired) electrons.